The van der Waals surface area contributed by atoms with E-state index in [4.69, 9.17) is 0 Å². The third-order valence-corrected chi connectivity index (χ3v) is 1.74. The Hall–Kier alpha value is -0.160. The SMILES string of the molecule is COS(=O)(=O)CCF. The Morgan fingerprint density at radius 2 is 2.12 bits per heavy atom. The molecule has 0 aromatic heterocycles. The fraction of sp³-hybridized carbons (Fsp3) is 1.00. The van der Waals surface area contributed by atoms with Gasteiger partial charge >= 0.3 is 0 Å². The van der Waals surface area contributed by atoms with Crippen molar-refractivity contribution >= 4 is 10.1 Å². The lowest BCUT2D eigenvalue weighted by molar-refractivity contribution is 0.390. The number of hydrogen-bond acceptors (Lipinski definition) is 3. The van der Waals surface area contributed by atoms with E-state index in [1.54, 1.807) is 0 Å². The van der Waals surface area contributed by atoms with Crippen LogP contribution >= 0.6 is 0 Å². The highest BCUT2D eigenvalue weighted by Crippen LogP contribution is 1.88. The quantitative estimate of drug-likeness (QED) is 0.518. The first-order valence-electron chi connectivity index (χ1n) is 1.96. The van der Waals surface area contributed by atoms with Crippen molar-refractivity contribution in [1.82, 2.24) is 0 Å². The lowest BCUT2D eigenvalue weighted by Crippen LogP contribution is -2.08. The van der Waals surface area contributed by atoms with Crippen molar-refractivity contribution in [3.63, 3.8) is 0 Å². The van der Waals surface area contributed by atoms with Gasteiger partial charge in [0.1, 0.15) is 12.4 Å². The molecule has 0 spiro atoms. The van der Waals surface area contributed by atoms with Gasteiger partial charge in [0.15, 0.2) is 0 Å². The summed E-state index contributed by atoms with van der Waals surface area (Å²) in [6.45, 7) is -0.893. The van der Waals surface area contributed by atoms with Crippen molar-refractivity contribution in [2.45, 2.75) is 0 Å². The minimum Gasteiger partial charge on any atom is -0.273 e. The van der Waals surface area contributed by atoms with Crippen molar-refractivity contribution < 1.29 is 17.0 Å². The monoisotopic (exact) mass is 142 g/mol. The molecule has 0 radical (unpaired) electrons. The van der Waals surface area contributed by atoms with E-state index in [1.807, 2.05) is 0 Å². The van der Waals surface area contributed by atoms with Gasteiger partial charge in [-0.2, -0.15) is 8.42 Å². The molecule has 0 rings (SSSR count). The van der Waals surface area contributed by atoms with Gasteiger partial charge in [-0.1, -0.05) is 0 Å². The van der Waals surface area contributed by atoms with Crippen LogP contribution in [0.1, 0.15) is 0 Å². The maximum Gasteiger partial charge on any atom is 0.269 e. The molecule has 0 aromatic rings. The van der Waals surface area contributed by atoms with Crippen LogP contribution < -0.4 is 0 Å². The molecule has 0 bridgehead atoms. The molecule has 0 saturated heterocycles. The molecule has 0 N–H and O–H groups in total. The molecule has 0 saturated carbocycles. The standard InChI is InChI=1S/C3H7FO3S/c1-7-8(5,6)3-2-4/h2-3H2,1H3. The fourth-order valence-corrected chi connectivity index (χ4v) is 0.533. The minimum absolute atomic E-state index is 0.552. The third-order valence-electron chi connectivity index (χ3n) is 0.581. The highest BCUT2D eigenvalue weighted by atomic mass is 32.2. The highest BCUT2D eigenvalue weighted by Gasteiger charge is 2.05. The smallest absolute Gasteiger partial charge is 0.269 e. The minimum atomic E-state index is -3.54. The summed E-state index contributed by atoms with van der Waals surface area (Å²) in [5.74, 6) is -0.552. The molecule has 0 atom stereocenters. The maximum absolute atomic E-state index is 11.2. The average molecular weight is 142 g/mol. The number of halogens is 1. The third kappa shape index (κ3) is 2.92. The van der Waals surface area contributed by atoms with E-state index in [0.29, 0.717) is 0 Å². The molecule has 50 valence electrons. The van der Waals surface area contributed by atoms with E-state index in [9.17, 15) is 12.8 Å². The summed E-state index contributed by atoms with van der Waals surface area (Å²) in [6.07, 6.45) is 0. The summed E-state index contributed by atoms with van der Waals surface area (Å²) >= 11 is 0. The van der Waals surface area contributed by atoms with Gasteiger partial charge in [-0.05, 0) is 0 Å². The van der Waals surface area contributed by atoms with Crippen molar-refractivity contribution in [3.05, 3.63) is 0 Å². The Bertz CT molecular complexity index is 139. The Labute approximate surface area is 47.6 Å². The Kier molecular flexibility index (Phi) is 2.93. The molecular formula is C3H7FO3S. The summed E-state index contributed by atoms with van der Waals surface area (Å²) < 4.78 is 35.4. The van der Waals surface area contributed by atoms with Crippen LogP contribution in [0.25, 0.3) is 0 Å². The molecule has 0 unspecified atom stereocenters. The maximum atomic E-state index is 11.2. The van der Waals surface area contributed by atoms with E-state index in [-0.39, 0.29) is 0 Å². The Balaban J connectivity index is 3.76. The Morgan fingerprint density at radius 3 is 2.25 bits per heavy atom. The zero-order chi connectivity index (χ0) is 6.62. The molecule has 0 fully saturated rings. The Morgan fingerprint density at radius 1 is 1.62 bits per heavy atom. The normalized spacial score (nSPS) is 11.8. The van der Waals surface area contributed by atoms with Crippen LogP contribution in [0.15, 0.2) is 0 Å². The average Bonchev–Trinajstić information content (AvgIpc) is 1.67. The number of hydrogen-bond donors (Lipinski definition) is 0. The van der Waals surface area contributed by atoms with Crippen LogP contribution in [0.5, 0.6) is 0 Å². The second kappa shape index (κ2) is 2.99. The van der Waals surface area contributed by atoms with Crippen molar-refractivity contribution in [2.75, 3.05) is 19.5 Å². The van der Waals surface area contributed by atoms with Gasteiger partial charge in [0, 0.05) is 0 Å². The molecule has 0 aliphatic rings. The van der Waals surface area contributed by atoms with Gasteiger partial charge in [0.25, 0.3) is 10.1 Å². The first-order chi connectivity index (χ1) is 3.62. The van der Waals surface area contributed by atoms with Crippen LogP contribution in [-0.4, -0.2) is 28.0 Å². The molecule has 0 heterocycles. The van der Waals surface area contributed by atoms with Gasteiger partial charge in [-0.15, -0.1) is 0 Å². The van der Waals surface area contributed by atoms with Crippen molar-refractivity contribution in [3.8, 4) is 0 Å². The first-order valence-corrected chi connectivity index (χ1v) is 3.54. The molecular weight excluding hydrogens is 135 g/mol. The summed E-state index contributed by atoms with van der Waals surface area (Å²) in [5.41, 5.74) is 0. The zero-order valence-corrected chi connectivity index (χ0v) is 5.24. The van der Waals surface area contributed by atoms with E-state index in [0.717, 1.165) is 7.11 Å². The fourth-order valence-electron chi connectivity index (χ4n) is 0.178. The summed E-state index contributed by atoms with van der Waals surface area (Å²) in [6, 6.07) is 0. The molecule has 0 aromatic carbocycles. The van der Waals surface area contributed by atoms with Crippen molar-refractivity contribution in [2.24, 2.45) is 0 Å². The predicted octanol–water partition coefficient (Wildman–Crippen LogP) is -0.0679. The van der Waals surface area contributed by atoms with E-state index in [2.05, 4.69) is 4.18 Å². The highest BCUT2D eigenvalue weighted by molar-refractivity contribution is 7.86. The zero-order valence-electron chi connectivity index (χ0n) is 4.43. The predicted molar refractivity (Wildman–Crippen MR) is 26.8 cm³/mol. The number of alkyl halides is 1. The largest absolute Gasteiger partial charge is 0.273 e. The number of rotatable bonds is 3. The lowest BCUT2D eigenvalue weighted by Gasteiger charge is -1.93. The summed E-state index contributed by atoms with van der Waals surface area (Å²) in [5, 5.41) is 0. The molecule has 0 aliphatic heterocycles. The van der Waals surface area contributed by atoms with Crippen LogP contribution in [0.2, 0.25) is 0 Å². The second-order valence-corrected chi connectivity index (χ2v) is 2.97. The van der Waals surface area contributed by atoms with Gasteiger partial charge < -0.3 is 0 Å². The lowest BCUT2D eigenvalue weighted by atomic mass is 10.9. The summed E-state index contributed by atoms with van der Waals surface area (Å²) in [4.78, 5) is 0. The summed E-state index contributed by atoms with van der Waals surface area (Å²) in [7, 11) is -2.54. The first kappa shape index (κ1) is 7.84. The van der Waals surface area contributed by atoms with Crippen LogP contribution in [0.3, 0.4) is 0 Å². The van der Waals surface area contributed by atoms with E-state index >= 15 is 0 Å². The molecule has 0 amide bonds. The van der Waals surface area contributed by atoms with Crippen LogP contribution in [0.4, 0.5) is 4.39 Å². The molecule has 5 heteroatoms. The van der Waals surface area contributed by atoms with Crippen LogP contribution in [0, 0.1) is 0 Å². The molecule has 3 nitrogen and oxygen atoms in total. The van der Waals surface area contributed by atoms with Gasteiger partial charge in [-0.3, -0.25) is 4.18 Å². The van der Waals surface area contributed by atoms with E-state index in [1.165, 1.54) is 0 Å². The van der Waals surface area contributed by atoms with Gasteiger partial charge in [0.05, 0.1) is 7.11 Å². The second-order valence-electron chi connectivity index (χ2n) is 1.12. The molecule has 0 aliphatic carbocycles. The molecule has 8 heavy (non-hydrogen) atoms. The van der Waals surface area contributed by atoms with Crippen LogP contribution in [-0.2, 0) is 14.3 Å². The van der Waals surface area contributed by atoms with Gasteiger partial charge in [0.2, 0.25) is 0 Å². The topological polar surface area (TPSA) is 43.4 Å². The van der Waals surface area contributed by atoms with Crippen molar-refractivity contribution in [1.29, 1.82) is 0 Å². The van der Waals surface area contributed by atoms with Gasteiger partial charge in [-0.25, -0.2) is 4.39 Å². The van der Waals surface area contributed by atoms with E-state index < -0.39 is 22.5 Å².